The van der Waals surface area contributed by atoms with Crippen molar-refractivity contribution in [2.75, 3.05) is 0 Å². The van der Waals surface area contributed by atoms with Crippen LogP contribution in [0.1, 0.15) is 52.3 Å². The number of aromatic nitrogens is 4. The molecule has 0 aliphatic rings. The molecule has 2 aromatic heterocycles. The van der Waals surface area contributed by atoms with E-state index < -0.39 is 23.3 Å². The lowest BCUT2D eigenvalue weighted by Gasteiger charge is -2.16. The third-order valence-electron chi connectivity index (χ3n) is 5.15. The number of hydrogen-bond acceptors (Lipinski definition) is 6. The van der Waals surface area contributed by atoms with Gasteiger partial charge in [-0.25, -0.2) is 14.6 Å². The molecule has 1 aromatic carbocycles. The van der Waals surface area contributed by atoms with Crippen LogP contribution in [0.5, 0.6) is 5.75 Å². The normalized spacial score (nSPS) is 12.1. The maximum absolute atomic E-state index is 12.7. The zero-order valence-corrected chi connectivity index (χ0v) is 18.8. The van der Waals surface area contributed by atoms with E-state index in [1.807, 2.05) is 39.0 Å². The van der Waals surface area contributed by atoms with Gasteiger partial charge in [0.05, 0.1) is 0 Å². The molecule has 1 atom stereocenters. The highest BCUT2D eigenvalue weighted by Crippen LogP contribution is 2.16. The highest BCUT2D eigenvalue weighted by molar-refractivity contribution is 5.75. The molecule has 3 rings (SSSR count). The maximum Gasteiger partial charge on any atom is 0.347 e. The number of benzene rings is 1. The summed E-state index contributed by atoms with van der Waals surface area (Å²) in [6, 6.07) is 9.08. The average molecular weight is 443 g/mol. The Labute approximate surface area is 186 Å². The van der Waals surface area contributed by atoms with Crippen LogP contribution in [0.2, 0.25) is 0 Å². The first-order chi connectivity index (χ1) is 15.5. The van der Waals surface area contributed by atoms with E-state index in [2.05, 4.69) is 9.97 Å². The molecule has 0 amide bonds. The fourth-order valence-electron chi connectivity index (χ4n) is 3.51. The number of carbonyl (C=O) groups is 1. The number of carbonyl (C=O) groups excluding carboxylic acids is 1. The first kappa shape index (κ1) is 23.3. The molecule has 0 unspecified atom stereocenters. The number of esters is 1. The number of imidazole rings is 1. The van der Waals surface area contributed by atoms with Crippen LogP contribution in [0.3, 0.4) is 0 Å². The Hall–Kier alpha value is -3.36. The zero-order chi connectivity index (χ0) is 23.1. The van der Waals surface area contributed by atoms with Gasteiger partial charge in [-0.3, -0.25) is 14.3 Å². The Morgan fingerprint density at radius 3 is 2.47 bits per heavy atom. The van der Waals surface area contributed by atoms with Gasteiger partial charge in [-0.05, 0) is 31.4 Å². The van der Waals surface area contributed by atoms with Crippen LogP contribution in [-0.4, -0.2) is 31.2 Å². The highest BCUT2D eigenvalue weighted by Gasteiger charge is 2.23. The van der Waals surface area contributed by atoms with Crippen LogP contribution in [-0.2, 0) is 29.2 Å². The number of nitrogens with one attached hydrogen (secondary N) is 1. The Balaban J connectivity index is 1.88. The molecule has 2 heterocycles. The van der Waals surface area contributed by atoms with E-state index >= 15 is 0 Å². The van der Waals surface area contributed by atoms with Crippen LogP contribution in [0.4, 0.5) is 0 Å². The first-order valence-corrected chi connectivity index (χ1v) is 11.1. The van der Waals surface area contributed by atoms with Gasteiger partial charge in [-0.2, -0.15) is 0 Å². The molecule has 32 heavy (non-hydrogen) atoms. The summed E-state index contributed by atoms with van der Waals surface area (Å²) >= 11 is 0. The minimum atomic E-state index is -0.757. The molecule has 0 fully saturated rings. The molecule has 0 bridgehead atoms. The van der Waals surface area contributed by atoms with Crippen LogP contribution in [0.15, 0.2) is 39.9 Å². The predicted molar refractivity (Wildman–Crippen MR) is 121 cm³/mol. The zero-order valence-electron chi connectivity index (χ0n) is 18.8. The molecule has 3 aromatic rings. The van der Waals surface area contributed by atoms with E-state index in [0.717, 1.165) is 19.3 Å². The number of H-pyrrole nitrogens is 1. The van der Waals surface area contributed by atoms with E-state index in [1.54, 1.807) is 16.7 Å². The van der Waals surface area contributed by atoms with E-state index in [-0.39, 0.29) is 6.61 Å². The number of aromatic amines is 1. The van der Waals surface area contributed by atoms with Gasteiger partial charge in [0.2, 0.25) is 0 Å². The highest BCUT2D eigenvalue weighted by atomic mass is 16.6. The third kappa shape index (κ3) is 5.09. The first-order valence-electron chi connectivity index (χ1n) is 11.1. The quantitative estimate of drug-likeness (QED) is 0.457. The molecular weight excluding hydrogens is 412 g/mol. The van der Waals surface area contributed by atoms with E-state index in [4.69, 9.17) is 9.47 Å². The lowest BCUT2D eigenvalue weighted by atomic mass is 10.2. The lowest BCUT2D eigenvalue weighted by molar-refractivity contribution is -0.153. The summed E-state index contributed by atoms with van der Waals surface area (Å²) < 4.78 is 14.5. The Kier molecular flexibility index (Phi) is 7.86. The summed E-state index contributed by atoms with van der Waals surface area (Å²) in [6.07, 6.45) is 2.10. The number of para-hydroxylation sites is 1. The van der Waals surface area contributed by atoms with Gasteiger partial charge < -0.3 is 14.0 Å². The second-order valence-electron chi connectivity index (χ2n) is 7.55. The van der Waals surface area contributed by atoms with Gasteiger partial charge >= 0.3 is 11.7 Å². The number of rotatable bonds is 11. The monoisotopic (exact) mass is 442 g/mol. The van der Waals surface area contributed by atoms with E-state index in [0.29, 0.717) is 42.2 Å². The van der Waals surface area contributed by atoms with Crippen molar-refractivity contribution in [3.8, 4) is 5.75 Å². The van der Waals surface area contributed by atoms with E-state index in [9.17, 15) is 14.4 Å². The molecule has 0 spiro atoms. The van der Waals surface area contributed by atoms with Crippen molar-refractivity contribution in [3.05, 3.63) is 57.0 Å². The van der Waals surface area contributed by atoms with Crippen molar-refractivity contribution in [3.63, 3.8) is 0 Å². The Bertz CT molecular complexity index is 1160. The molecule has 172 valence electrons. The van der Waals surface area contributed by atoms with Crippen molar-refractivity contribution >= 4 is 17.1 Å². The van der Waals surface area contributed by atoms with Crippen molar-refractivity contribution in [2.24, 2.45) is 0 Å². The van der Waals surface area contributed by atoms with Gasteiger partial charge in [0.15, 0.2) is 17.3 Å². The third-order valence-corrected chi connectivity index (χ3v) is 5.15. The molecule has 9 heteroatoms. The molecule has 1 N–H and O–H groups in total. The van der Waals surface area contributed by atoms with Gasteiger partial charge in [-0.1, -0.05) is 45.4 Å². The lowest BCUT2D eigenvalue weighted by Crippen LogP contribution is -2.31. The smallest absolute Gasteiger partial charge is 0.347 e. The van der Waals surface area contributed by atoms with Crippen molar-refractivity contribution in [1.82, 2.24) is 19.1 Å². The number of fused-ring (bicyclic) bond motifs is 1. The number of hydrogen-bond donors (Lipinski definition) is 1. The number of unbranched alkanes of at least 4 members (excludes halogenated alkanes) is 1. The van der Waals surface area contributed by atoms with Gasteiger partial charge in [0.1, 0.15) is 18.2 Å². The number of ether oxygens (including phenoxy) is 2. The minimum Gasteiger partial charge on any atom is -0.479 e. The second-order valence-corrected chi connectivity index (χ2v) is 7.55. The summed E-state index contributed by atoms with van der Waals surface area (Å²) in [4.78, 5) is 44.5. The molecule has 0 saturated heterocycles. The molecule has 0 saturated carbocycles. The Morgan fingerprint density at radius 1 is 1.06 bits per heavy atom. The average Bonchev–Trinajstić information content (AvgIpc) is 3.15. The summed E-state index contributed by atoms with van der Waals surface area (Å²) in [5, 5.41) is 0. The predicted octanol–water partition coefficient (Wildman–Crippen LogP) is 3.00. The maximum atomic E-state index is 12.7. The Morgan fingerprint density at radius 2 is 1.81 bits per heavy atom. The van der Waals surface area contributed by atoms with Crippen LogP contribution < -0.4 is 16.0 Å². The SMILES string of the molecule is CCCCn1c(=O)[nH]c(=O)c2c1nc(COC(=O)[C@@H](CC)Oc1ccccc1)n2CCC. The molecule has 0 aliphatic carbocycles. The largest absolute Gasteiger partial charge is 0.479 e. The van der Waals surface area contributed by atoms with Crippen molar-refractivity contribution in [1.29, 1.82) is 0 Å². The summed E-state index contributed by atoms with van der Waals surface area (Å²) in [5.74, 6) is 0.496. The molecule has 0 radical (unpaired) electrons. The van der Waals surface area contributed by atoms with Crippen LogP contribution in [0, 0.1) is 0 Å². The second kappa shape index (κ2) is 10.8. The topological polar surface area (TPSA) is 108 Å². The molecular formula is C23H30N4O5. The fraction of sp³-hybridized carbons (Fsp3) is 0.478. The van der Waals surface area contributed by atoms with Crippen molar-refractivity contribution in [2.45, 2.75) is 72.3 Å². The fourth-order valence-corrected chi connectivity index (χ4v) is 3.51. The van der Waals surface area contributed by atoms with Gasteiger partial charge in [0, 0.05) is 13.1 Å². The standard InChI is InChI=1S/C23H30N4O5/c1-4-7-14-27-20-19(21(28)25-23(27)30)26(13-5-2)18(24-20)15-31-22(29)17(6-3)32-16-11-9-8-10-12-16/h8-12,17H,4-7,13-15H2,1-3H3,(H,25,28,30)/t17-/m1/s1. The van der Waals surface area contributed by atoms with Gasteiger partial charge in [-0.15, -0.1) is 0 Å². The van der Waals surface area contributed by atoms with Crippen LogP contribution in [0.25, 0.3) is 11.2 Å². The minimum absolute atomic E-state index is 0.121. The molecule has 0 aliphatic heterocycles. The summed E-state index contributed by atoms with van der Waals surface area (Å²) in [7, 11) is 0. The summed E-state index contributed by atoms with van der Waals surface area (Å²) in [6.45, 7) is 6.68. The van der Waals surface area contributed by atoms with E-state index in [1.165, 1.54) is 4.57 Å². The molecule has 9 nitrogen and oxygen atoms in total. The summed E-state index contributed by atoms with van der Waals surface area (Å²) in [5.41, 5.74) is -0.335. The number of nitrogens with zero attached hydrogens (tertiary/aromatic N) is 3. The van der Waals surface area contributed by atoms with Crippen molar-refractivity contribution < 1.29 is 14.3 Å². The number of aryl methyl sites for hydroxylation is 2. The van der Waals surface area contributed by atoms with Crippen LogP contribution >= 0.6 is 0 Å². The van der Waals surface area contributed by atoms with Gasteiger partial charge in [0.25, 0.3) is 5.56 Å².